The maximum absolute atomic E-state index is 6.32. The molecule has 0 saturated carbocycles. The number of likely N-dealkylation sites (N-methyl/N-ethyl adjacent to an activating group) is 1. The van der Waals surface area contributed by atoms with Crippen LogP contribution < -0.4 is 16.4 Å². The zero-order chi connectivity index (χ0) is 21.0. The molecule has 29 heavy (non-hydrogen) atoms. The normalized spacial score (nSPS) is 12.1. The summed E-state index contributed by atoms with van der Waals surface area (Å²) in [5.74, 6) is 0. The highest BCUT2D eigenvalue weighted by atomic mass is 15.2. The smallest absolute Gasteiger partial charge is 0.0739 e. The van der Waals surface area contributed by atoms with E-state index in [0.29, 0.717) is 22.7 Å². The van der Waals surface area contributed by atoms with Gasteiger partial charge in [-0.25, -0.2) is 0 Å². The summed E-state index contributed by atoms with van der Waals surface area (Å²) in [5, 5.41) is 12.5. The molecule has 0 radical (unpaired) electrons. The fourth-order valence-corrected chi connectivity index (χ4v) is 2.96. The number of anilines is 1. The first kappa shape index (κ1) is 19.9. The summed E-state index contributed by atoms with van der Waals surface area (Å²) in [4.78, 5) is 8.65. The average molecular weight is 387 g/mol. The fourth-order valence-electron chi connectivity index (χ4n) is 2.96. The van der Waals surface area contributed by atoms with E-state index in [4.69, 9.17) is 5.73 Å². The summed E-state index contributed by atoms with van der Waals surface area (Å²) < 4.78 is 1.76. The highest BCUT2D eigenvalue weighted by molar-refractivity contribution is 5.96. The molecule has 7 nitrogen and oxygen atoms in total. The minimum Gasteiger partial charge on any atom is -0.396 e. The van der Waals surface area contributed by atoms with Crippen molar-refractivity contribution in [3.8, 4) is 11.3 Å². The minimum atomic E-state index is 0.465. The first-order valence-electron chi connectivity index (χ1n) is 9.07. The van der Waals surface area contributed by atoms with Crippen LogP contribution in [0.4, 0.5) is 5.69 Å². The molecule has 0 aliphatic rings. The molecule has 3 aromatic rings. The van der Waals surface area contributed by atoms with Gasteiger partial charge in [0.15, 0.2) is 0 Å². The molecule has 4 N–H and O–H groups in total. The van der Waals surface area contributed by atoms with Gasteiger partial charge in [0.1, 0.15) is 0 Å². The van der Waals surface area contributed by atoms with Crippen LogP contribution in [0.3, 0.4) is 0 Å². The third kappa shape index (κ3) is 4.19. The Balaban J connectivity index is 1.96. The van der Waals surface area contributed by atoms with E-state index >= 15 is 0 Å². The van der Waals surface area contributed by atoms with Crippen molar-refractivity contribution < 1.29 is 0 Å². The number of aliphatic imine (C=N–C) groups is 1. The Bertz CT molecular complexity index is 1140. The van der Waals surface area contributed by atoms with Crippen LogP contribution in [-0.4, -0.2) is 35.1 Å². The van der Waals surface area contributed by atoms with Crippen LogP contribution in [0.1, 0.15) is 0 Å². The van der Waals surface area contributed by atoms with Crippen LogP contribution in [0.5, 0.6) is 0 Å². The van der Waals surface area contributed by atoms with Crippen molar-refractivity contribution >= 4 is 22.7 Å². The summed E-state index contributed by atoms with van der Waals surface area (Å²) in [7, 11) is 5.35. The highest BCUT2D eigenvalue weighted by Gasteiger charge is 2.11. The van der Waals surface area contributed by atoms with Gasteiger partial charge in [-0.1, -0.05) is 25.3 Å². The molecular weight excluding hydrogens is 362 g/mol. The molecule has 0 atom stereocenters. The molecule has 7 heteroatoms. The summed E-state index contributed by atoms with van der Waals surface area (Å²) in [6.07, 6.45) is 7.24. The van der Waals surface area contributed by atoms with Gasteiger partial charge in [-0.2, -0.15) is 5.10 Å². The maximum atomic E-state index is 6.32. The number of nitrogens with one attached hydrogen (secondary N) is 2. The molecule has 0 spiro atoms. The number of aromatic nitrogens is 3. The molecule has 0 amide bonds. The number of hydrogen-bond acceptors (Lipinski definition) is 6. The number of aryl methyl sites for hydroxylation is 1. The Kier molecular flexibility index (Phi) is 5.78. The number of nitrogens with zero attached hydrogens (tertiary/aromatic N) is 4. The molecule has 1 aromatic carbocycles. The number of fused-ring (bicyclic) bond motifs is 1. The Labute approximate surface area is 170 Å². The van der Waals surface area contributed by atoms with Gasteiger partial charge in [0.25, 0.3) is 0 Å². The standard InChI is InChI=1S/C22H25N7/c1-14(25-4)18(11-24-3)22(23)15(2)28-20-8-6-7-16-9-21(26-12-19(16)20)17-10-27-29(5)13-17/h6-13,25,28H,1-2,23H2,3-5H3. The lowest BCUT2D eigenvalue weighted by Gasteiger charge is -2.16. The van der Waals surface area contributed by atoms with Gasteiger partial charge in [-0.15, -0.1) is 0 Å². The molecular formula is C22H25N7. The second-order valence-corrected chi connectivity index (χ2v) is 6.55. The van der Waals surface area contributed by atoms with Crippen molar-refractivity contribution in [2.24, 2.45) is 17.8 Å². The Morgan fingerprint density at radius 1 is 1.24 bits per heavy atom. The van der Waals surface area contributed by atoms with E-state index in [-0.39, 0.29) is 0 Å². The molecule has 0 aliphatic heterocycles. The lowest BCUT2D eigenvalue weighted by molar-refractivity contribution is 0.768. The zero-order valence-electron chi connectivity index (χ0n) is 16.9. The number of rotatable bonds is 7. The Morgan fingerprint density at radius 2 is 2.03 bits per heavy atom. The number of hydrogen-bond donors (Lipinski definition) is 3. The van der Waals surface area contributed by atoms with E-state index in [0.717, 1.165) is 27.7 Å². The van der Waals surface area contributed by atoms with Crippen molar-refractivity contribution in [1.29, 1.82) is 0 Å². The van der Waals surface area contributed by atoms with E-state index in [1.165, 1.54) is 0 Å². The molecule has 3 rings (SSSR count). The quantitative estimate of drug-likeness (QED) is 0.428. The van der Waals surface area contributed by atoms with Gasteiger partial charge in [-0.05, 0) is 17.5 Å². The fraction of sp³-hybridized carbons (Fsp3) is 0.136. The minimum absolute atomic E-state index is 0.465. The topological polar surface area (TPSA) is 93.2 Å². The Hall–Kier alpha value is -3.87. The largest absolute Gasteiger partial charge is 0.396 e. The monoisotopic (exact) mass is 387 g/mol. The first-order valence-corrected chi connectivity index (χ1v) is 9.07. The molecule has 2 heterocycles. The molecule has 2 aromatic heterocycles. The third-order valence-corrected chi connectivity index (χ3v) is 4.55. The van der Waals surface area contributed by atoms with E-state index in [2.05, 4.69) is 38.9 Å². The number of nitrogens with two attached hydrogens (primary N) is 1. The predicted octanol–water partition coefficient (Wildman–Crippen LogP) is 3.21. The SMILES string of the molecule is C=C(Nc1cccc2cc(-c3cnn(C)c3)ncc12)C(N)=C(C=NC)C(=C)NC. The first-order chi connectivity index (χ1) is 13.9. The number of pyridine rings is 1. The van der Waals surface area contributed by atoms with E-state index in [9.17, 15) is 0 Å². The third-order valence-electron chi connectivity index (χ3n) is 4.55. The van der Waals surface area contributed by atoms with Gasteiger partial charge >= 0.3 is 0 Å². The van der Waals surface area contributed by atoms with Gasteiger partial charge < -0.3 is 16.4 Å². The molecule has 0 saturated heterocycles. The number of benzene rings is 1. The number of allylic oxidation sites excluding steroid dienone is 1. The van der Waals surface area contributed by atoms with E-state index in [1.54, 1.807) is 31.2 Å². The molecule has 148 valence electrons. The summed E-state index contributed by atoms with van der Waals surface area (Å²) in [6, 6.07) is 8.03. The van der Waals surface area contributed by atoms with Crippen LogP contribution >= 0.6 is 0 Å². The van der Waals surface area contributed by atoms with Crippen LogP contribution in [0.25, 0.3) is 22.0 Å². The van der Waals surface area contributed by atoms with E-state index in [1.807, 2.05) is 43.7 Å². The lowest BCUT2D eigenvalue weighted by atomic mass is 10.1. The van der Waals surface area contributed by atoms with E-state index < -0.39 is 0 Å². The second kappa shape index (κ2) is 8.43. The summed E-state index contributed by atoms with van der Waals surface area (Å²) in [5.41, 5.74) is 11.4. The van der Waals surface area contributed by atoms with Crippen molar-refractivity contribution in [3.63, 3.8) is 0 Å². The Morgan fingerprint density at radius 3 is 2.69 bits per heavy atom. The molecule has 0 bridgehead atoms. The zero-order valence-corrected chi connectivity index (χ0v) is 16.9. The van der Waals surface area contributed by atoms with Gasteiger partial charge in [0.2, 0.25) is 0 Å². The van der Waals surface area contributed by atoms with Crippen molar-refractivity contribution in [1.82, 2.24) is 20.1 Å². The van der Waals surface area contributed by atoms with Crippen molar-refractivity contribution in [3.05, 3.63) is 78.7 Å². The van der Waals surface area contributed by atoms with Crippen molar-refractivity contribution in [2.45, 2.75) is 0 Å². The highest BCUT2D eigenvalue weighted by Crippen LogP contribution is 2.28. The van der Waals surface area contributed by atoms with Crippen LogP contribution in [-0.2, 0) is 7.05 Å². The predicted molar refractivity (Wildman–Crippen MR) is 121 cm³/mol. The maximum Gasteiger partial charge on any atom is 0.0739 e. The summed E-state index contributed by atoms with van der Waals surface area (Å²) >= 11 is 0. The summed E-state index contributed by atoms with van der Waals surface area (Å²) in [6.45, 7) is 8.06. The lowest BCUT2D eigenvalue weighted by Crippen LogP contribution is -2.17. The molecule has 0 aliphatic carbocycles. The van der Waals surface area contributed by atoms with Gasteiger partial charge in [0.05, 0.1) is 23.3 Å². The van der Waals surface area contributed by atoms with Crippen LogP contribution in [0, 0.1) is 0 Å². The van der Waals surface area contributed by atoms with Gasteiger partial charge in [0, 0.05) is 67.7 Å². The molecule has 0 fully saturated rings. The van der Waals surface area contributed by atoms with Crippen molar-refractivity contribution in [2.75, 3.05) is 19.4 Å². The average Bonchev–Trinajstić information content (AvgIpc) is 3.17. The van der Waals surface area contributed by atoms with Gasteiger partial charge in [-0.3, -0.25) is 14.7 Å². The van der Waals surface area contributed by atoms with Crippen LogP contribution in [0.2, 0.25) is 0 Å². The van der Waals surface area contributed by atoms with Crippen LogP contribution in [0.15, 0.2) is 83.7 Å². The second-order valence-electron chi connectivity index (χ2n) is 6.55. The molecule has 0 unspecified atom stereocenters.